The Morgan fingerprint density at radius 1 is 0.500 bits per heavy atom. The second-order valence-electron chi connectivity index (χ2n) is 12.4. The van der Waals surface area contributed by atoms with E-state index in [-0.39, 0.29) is 5.41 Å². The molecule has 2 aliphatic rings. The molecule has 2 unspecified atom stereocenters. The first-order valence-corrected chi connectivity index (χ1v) is 15.6. The Labute approximate surface area is 258 Å². The third-order valence-corrected chi connectivity index (χ3v) is 10.0. The number of nitrogens with zero attached hydrogens (tertiary/aromatic N) is 1. The molecule has 7 aromatic carbocycles. The Hall–Kier alpha value is -5.27. The number of aliphatic imine (C=N–C) groups is 1. The molecule has 1 aliphatic heterocycles. The van der Waals surface area contributed by atoms with Crippen molar-refractivity contribution in [2.24, 2.45) is 10.9 Å². The lowest BCUT2D eigenvalue weighted by atomic mass is 9.81. The van der Waals surface area contributed by atoms with E-state index in [2.05, 4.69) is 159 Å². The number of rotatable bonds is 4. The van der Waals surface area contributed by atoms with Gasteiger partial charge in [0.2, 0.25) is 0 Å². The summed E-state index contributed by atoms with van der Waals surface area (Å²) in [7, 11) is 0. The first kappa shape index (κ1) is 25.2. The highest BCUT2D eigenvalue weighted by molar-refractivity contribution is 6.21. The summed E-state index contributed by atoms with van der Waals surface area (Å²) in [6, 6.07) is 55.6. The normalized spacial score (nSPS) is 18.5. The fourth-order valence-corrected chi connectivity index (χ4v) is 7.90. The molecular weight excluding hydrogens is 530 g/mol. The van der Waals surface area contributed by atoms with Crippen LogP contribution in [0, 0.1) is 5.92 Å². The summed E-state index contributed by atoms with van der Waals surface area (Å²) in [5, 5.41) is 5.13. The van der Waals surface area contributed by atoms with Gasteiger partial charge in [0.1, 0.15) is 0 Å². The smallest absolute Gasteiger partial charge is 0.0670 e. The van der Waals surface area contributed by atoms with Gasteiger partial charge in [-0.05, 0) is 91.5 Å². The molecule has 0 spiro atoms. The first-order chi connectivity index (χ1) is 21.7. The van der Waals surface area contributed by atoms with Gasteiger partial charge in [0.25, 0.3) is 0 Å². The Kier molecular flexibility index (Phi) is 5.52. The van der Waals surface area contributed by atoms with E-state index >= 15 is 0 Å². The van der Waals surface area contributed by atoms with Gasteiger partial charge in [0.05, 0.1) is 5.69 Å². The van der Waals surface area contributed by atoms with Crippen LogP contribution in [0.25, 0.3) is 54.9 Å². The Bertz CT molecular complexity index is 2190. The van der Waals surface area contributed by atoms with Crippen LogP contribution >= 0.6 is 0 Å². The van der Waals surface area contributed by atoms with Crippen LogP contribution in [-0.4, -0.2) is 5.71 Å². The van der Waals surface area contributed by atoms with Crippen LogP contribution in [0.3, 0.4) is 0 Å². The highest BCUT2D eigenvalue weighted by Gasteiger charge is 2.60. The van der Waals surface area contributed by atoms with Crippen molar-refractivity contribution in [3.05, 3.63) is 163 Å². The SMILES string of the molecule is CC1=Nc2ccc(-c3ccc(-c4c5ccccc5c(-c5ccccc5)c5ccccc45)cc3)cc2C2(c3ccccc3)CC12. The van der Waals surface area contributed by atoms with Gasteiger partial charge >= 0.3 is 0 Å². The van der Waals surface area contributed by atoms with Crippen molar-refractivity contribution in [3.8, 4) is 33.4 Å². The minimum Gasteiger partial charge on any atom is -0.257 e. The number of hydrogen-bond donors (Lipinski definition) is 0. The van der Waals surface area contributed by atoms with Crippen molar-refractivity contribution in [1.29, 1.82) is 0 Å². The Morgan fingerprint density at radius 2 is 0.977 bits per heavy atom. The molecule has 2 atom stereocenters. The minimum atomic E-state index is 0.0523. The zero-order valence-corrected chi connectivity index (χ0v) is 24.7. The zero-order valence-electron chi connectivity index (χ0n) is 24.7. The van der Waals surface area contributed by atoms with E-state index in [0.29, 0.717) is 5.92 Å². The standard InChI is InChI=1S/C43H31N/c1-28-39-27-43(39,33-14-6-3-7-15-33)38-26-32(24-25-40(38)44-28)29-20-22-31(23-21-29)42-36-18-10-8-16-34(36)41(30-12-4-2-5-13-30)35-17-9-11-19-37(35)42/h2-26,39H,27H2,1H3. The van der Waals surface area contributed by atoms with Crippen LogP contribution in [-0.2, 0) is 5.41 Å². The Morgan fingerprint density at radius 3 is 1.57 bits per heavy atom. The van der Waals surface area contributed by atoms with Crippen molar-refractivity contribution in [1.82, 2.24) is 0 Å². The lowest BCUT2D eigenvalue weighted by Gasteiger charge is -2.25. The number of fused-ring (bicyclic) bond motifs is 5. The topological polar surface area (TPSA) is 12.4 Å². The van der Waals surface area contributed by atoms with Gasteiger partial charge in [0, 0.05) is 17.0 Å². The molecule has 1 fully saturated rings. The zero-order chi connectivity index (χ0) is 29.3. The van der Waals surface area contributed by atoms with E-state index in [9.17, 15) is 0 Å². The molecule has 44 heavy (non-hydrogen) atoms. The van der Waals surface area contributed by atoms with Gasteiger partial charge in [-0.1, -0.05) is 140 Å². The summed E-state index contributed by atoms with van der Waals surface area (Å²) >= 11 is 0. The fraction of sp³-hybridized carbons (Fsp3) is 0.0930. The summed E-state index contributed by atoms with van der Waals surface area (Å²) in [6.07, 6.45) is 1.14. The molecule has 0 N–H and O–H groups in total. The van der Waals surface area contributed by atoms with Crippen LogP contribution in [0.15, 0.2) is 157 Å². The van der Waals surface area contributed by atoms with Crippen molar-refractivity contribution in [2.75, 3.05) is 0 Å². The first-order valence-electron chi connectivity index (χ1n) is 15.6. The molecule has 208 valence electrons. The van der Waals surface area contributed by atoms with Gasteiger partial charge in [-0.2, -0.15) is 0 Å². The molecule has 0 amide bonds. The molecule has 0 saturated heterocycles. The van der Waals surface area contributed by atoms with Crippen molar-refractivity contribution >= 4 is 32.9 Å². The van der Waals surface area contributed by atoms with E-state index in [1.165, 1.54) is 71.8 Å². The predicted molar refractivity (Wildman–Crippen MR) is 186 cm³/mol. The lowest BCUT2D eigenvalue weighted by molar-refractivity contribution is 0.794. The van der Waals surface area contributed by atoms with Crippen LogP contribution < -0.4 is 0 Å². The molecule has 0 radical (unpaired) electrons. The van der Waals surface area contributed by atoms with Gasteiger partial charge in [-0.3, -0.25) is 4.99 Å². The van der Waals surface area contributed by atoms with E-state index < -0.39 is 0 Å². The van der Waals surface area contributed by atoms with Crippen molar-refractivity contribution in [2.45, 2.75) is 18.8 Å². The molecule has 0 aromatic heterocycles. The summed E-state index contributed by atoms with van der Waals surface area (Å²) < 4.78 is 0. The van der Waals surface area contributed by atoms with Crippen molar-refractivity contribution in [3.63, 3.8) is 0 Å². The number of hydrogen-bond acceptors (Lipinski definition) is 1. The van der Waals surface area contributed by atoms with Gasteiger partial charge in [-0.25, -0.2) is 0 Å². The molecule has 0 bridgehead atoms. The molecule has 1 heteroatoms. The Balaban J connectivity index is 1.18. The average molecular weight is 562 g/mol. The second-order valence-corrected chi connectivity index (χ2v) is 12.4. The molecule has 1 aliphatic carbocycles. The summed E-state index contributed by atoms with van der Waals surface area (Å²) in [4.78, 5) is 5.03. The monoisotopic (exact) mass is 561 g/mol. The van der Waals surface area contributed by atoms with Crippen LogP contribution in [0.1, 0.15) is 24.5 Å². The van der Waals surface area contributed by atoms with E-state index in [1.807, 2.05) is 0 Å². The lowest BCUT2D eigenvalue weighted by Crippen LogP contribution is -2.19. The fourth-order valence-electron chi connectivity index (χ4n) is 7.90. The maximum absolute atomic E-state index is 5.03. The molecule has 9 rings (SSSR count). The maximum Gasteiger partial charge on any atom is 0.0670 e. The summed E-state index contributed by atoms with van der Waals surface area (Å²) in [5.41, 5.74) is 12.8. The van der Waals surface area contributed by atoms with Crippen molar-refractivity contribution < 1.29 is 0 Å². The average Bonchev–Trinajstić information content (AvgIpc) is 3.87. The quantitative estimate of drug-likeness (QED) is 0.190. The molecule has 1 heterocycles. The molecular formula is C43H31N. The summed E-state index contributed by atoms with van der Waals surface area (Å²) in [5.74, 6) is 0.496. The van der Waals surface area contributed by atoms with Gasteiger partial charge in [-0.15, -0.1) is 0 Å². The van der Waals surface area contributed by atoms with Crippen LogP contribution in [0.2, 0.25) is 0 Å². The largest absolute Gasteiger partial charge is 0.257 e. The van der Waals surface area contributed by atoms with Crippen LogP contribution in [0.5, 0.6) is 0 Å². The molecule has 1 nitrogen and oxygen atoms in total. The second kappa shape index (κ2) is 9.62. The highest BCUT2D eigenvalue weighted by atomic mass is 14.8. The third-order valence-electron chi connectivity index (χ3n) is 10.0. The molecule has 7 aromatic rings. The van der Waals surface area contributed by atoms with E-state index in [4.69, 9.17) is 4.99 Å². The maximum atomic E-state index is 5.03. The van der Waals surface area contributed by atoms with Gasteiger partial charge in [0.15, 0.2) is 0 Å². The number of benzene rings is 7. The predicted octanol–water partition coefficient (Wildman–Crippen LogP) is 11.4. The highest BCUT2D eigenvalue weighted by Crippen LogP contribution is 2.64. The summed E-state index contributed by atoms with van der Waals surface area (Å²) in [6.45, 7) is 2.20. The third kappa shape index (κ3) is 3.69. The van der Waals surface area contributed by atoms with E-state index in [1.54, 1.807) is 0 Å². The van der Waals surface area contributed by atoms with E-state index in [0.717, 1.165) is 12.1 Å². The minimum absolute atomic E-state index is 0.0523. The molecule has 1 saturated carbocycles. The van der Waals surface area contributed by atoms with Gasteiger partial charge < -0.3 is 0 Å². The van der Waals surface area contributed by atoms with Crippen LogP contribution in [0.4, 0.5) is 5.69 Å².